The molecule has 1 aromatic carbocycles. The largest absolute Gasteiger partial charge is 0.294 e. The molecule has 9 heteroatoms. The summed E-state index contributed by atoms with van der Waals surface area (Å²) in [6, 6.07) is 5.58. The van der Waals surface area contributed by atoms with Gasteiger partial charge < -0.3 is 0 Å². The second-order valence-electron chi connectivity index (χ2n) is 6.19. The van der Waals surface area contributed by atoms with Crippen LogP contribution >= 0.6 is 0 Å². The third-order valence-electron chi connectivity index (χ3n) is 4.42. The lowest BCUT2D eigenvalue weighted by atomic mass is 10.1. The number of carbonyl (C=O) groups is 1. The third kappa shape index (κ3) is 3.65. The summed E-state index contributed by atoms with van der Waals surface area (Å²) in [5, 5.41) is 4.11. The number of nitrogens with zero attached hydrogens (tertiary/aromatic N) is 3. The lowest BCUT2D eigenvalue weighted by molar-refractivity contribution is 0.0988. The van der Waals surface area contributed by atoms with Gasteiger partial charge in [0.2, 0.25) is 10.0 Å². The molecule has 1 fully saturated rings. The first kappa shape index (κ1) is 18.9. The van der Waals surface area contributed by atoms with Crippen molar-refractivity contribution in [1.29, 1.82) is 0 Å². The number of hydrogen-bond acceptors (Lipinski definition) is 5. The van der Waals surface area contributed by atoms with Crippen LogP contribution in [0, 0.1) is 0 Å². The van der Waals surface area contributed by atoms with Crippen LogP contribution in [0.5, 0.6) is 0 Å². The topological polar surface area (TPSA) is 89.3 Å². The molecule has 2 atom stereocenters. The molecule has 1 aliphatic rings. The van der Waals surface area contributed by atoms with Gasteiger partial charge in [0.05, 0.1) is 17.1 Å². The van der Waals surface area contributed by atoms with E-state index in [0.29, 0.717) is 23.3 Å². The minimum Gasteiger partial charge on any atom is -0.294 e. The second kappa shape index (κ2) is 7.42. The summed E-state index contributed by atoms with van der Waals surface area (Å²) in [5.74, 6) is 0.424. The average Bonchev–Trinajstić information content (AvgIpc) is 3.07. The highest BCUT2D eigenvalue weighted by Crippen LogP contribution is 2.31. The zero-order chi connectivity index (χ0) is 18.9. The van der Waals surface area contributed by atoms with Crippen molar-refractivity contribution in [2.45, 2.75) is 24.3 Å². The fourth-order valence-corrected chi connectivity index (χ4v) is 6.18. The van der Waals surface area contributed by atoms with Gasteiger partial charge in [-0.05, 0) is 12.1 Å². The predicted octanol–water partition coefficient (Wildman–Crippen LogP) is 1.51. The molecule has 0 saturated carbocycles. The van der Waals surface area contributed by atoms with E-state index >= 15 is 0 Å². The van der Waals surface area contributed by atoms with E-state index in [2.05, 4.69) is 5.10 Å². The van der Waals surface area contributed by atoms with Gasteiger partial charge in [-0.2, -0.15) is 9.40 Å². The molecule has 0 unspecified atom stereocenters. The minimum atomic E-state index is -3.83. The molecule has 0 amide bonds. The van der Waals surface area contributed by atoms with Crippen LogP contribution in [-0.4, -0.2) is 50.5 Å². The molecule has 26 heavy (non-hydrogen) atoms. The molecule has 1 aliphatic heterocycles. The number of carbonyl (C=O) groups excluding carboxylic acids is 1. The molecule has 0 radical (unpaired) electrons. The summed E-state index contributed by atoms with van der Waals surface area (Å²) in [5.41, 5.74) is 1.09. The zero-order valence-corrected chi connectivity index (χ0v) is 16.3. The Kier molecular flexibility index (Phi) is 5.40. The van der Waals surface area contributed by atoms with Gasteiger partial charge in [0.25, 0.3) is 0 Å². The van der Waals surface area contributed by atoms with E-state index in [4.69, 9.17) is 0 Å². The van der Waals surface area contributed by atoms with Crippen molar-refractivity contribution in [3.63, 3.8) is 0 Å². The van der Waals surface area contributed by atoms with Crippen LogP contribution in [0.4, 0.5) is 0 Å². The van der Waals surface area contributed by atoms with Crippen LogP contribution < -0.4 is 0 Å². The minimum absolute atomic E-state index is 0.0818. The van der Waals surface area contributed by atoms with E-state index < -0.39 is 26.9 Å². The van der Waals surface area contributed by atoms with Gasteiger partial charge in [0, 0.05) is 59.6 Å². The first-order valence-corrected chi connectivity index (χ1v) is 11.2. The van der Waals surface area contributed by atoms with E-state index in [-0.39, 0.29) is 23.0 Å². The monoisotopic (exact) mass is 395 g/mol. The molecule has 1 aromatic heterocycles. The average molecular weight is 396 g/mol. The Morgan fingerprint density at radius 3 is 2.81 bits per heavy atom. The Hall–Kier alpha value is -1.84. The van der Waals surface area contributed by atoms with Crippen LogP contribution in [-0.2, 0) is 27.9 Å². The van der Waals surface area contributed by atoms with E-state index in [1.807, 2.05) is 0 Å². The van der Waals surface area contributed by atoms with E-state index in [1.54, 1.807) is 43.2 Å². The fraction of sp³-hybridized carbons (Fsp3) is 0.412. The second-order valence-corrected chi connectivity index (χ2v) is 9.71. The number of aryl methyl sites for hydroxylation is 1. The standard InChI is InChI=1S/C17H21N3O4S2/c1-3-17(21)13-5-4-6-15(9-13)26(23,24)20-7-8-25(22)12-16(20)14-10-18-19(2)11-14/h4-6,9-11,16H,3,7-8,12H2,1-2H3/t16-,25+/m1/s1. The third-order valence-corrected chi connectivity index (χ3v) is 7.65. The summed E-state index contributed by atoms with van der Waals surface area (Å²) in [6.45, 7) is 1.91. The number of ketones is 1. The first-order valence-electron chi connectivity index (χ1n) is 8.31. The van der Waals surface area contributed by atoms with Gasteiger partial charge >= 0.3 is 0 Å². The first-order chi connectivity index (χ1) is 12.3. The van der Waals surface area contributed by atoms with Gasteiger partial charge in [-0.1, -0.05) is 19.1 Å². The SMILES string of the molecule is CCC(=O)c1cccc(S(=O)(=O)N2CC[S@](=O)C[C@@H]2c2cnn(C)c2)c1. The molecule has 0 spiro atoms. The summed E-state index contributed by atoms with van der Waals surface area (Å²) >= 11 is 0. The Morgan fingerprint density at radius 1 is 1.38 bits per heavy atom. The molecular weight excluding hydrogens is 374 g/mol. The molecule has 140 valence electrons. The van der Waals surface area contributed by atoms with Gasteiger partial charge in [0.15, 0.2) is 5.78 Å². The predicted molar refractivity (Wildman–Crippen MR) is 98.8 cm³/mol. The van der Waals surface area contributed by atoms with Crippen molar-refractivity contribution in [1.82, 2.24) is 14.1 Å². The number of sulfonamides is 1. The Morgan fingerprint density at radius 2 is 2.15 bits per heavy atom. The van der Waals surface area contributed by atoms with Gasteiger partial charge in [-0.3, -0.25) is 13.7 Å². The maximum absolute atomic E-state index is 13.2. The maximum atomic E-state index is 13.2. The van der Waals surface area contributed by atoms with Crippen molar-refractivity contribution in [3.05, 3.63) is 47.8 Å². The van der Waals surface area contributed by atoms with Gasteiger partial charge in [-0.25, -0.2) is 8.42 Å². The summed E-state index contributed by atoms with van der Waals surface area (Å²) in [4.78, 5) is 12.0. The highest BCUT2D eigenvalue weighted by Gasteiger charge is 2.37. The molecule has 2 heterocycles. The highest BCUT2D eigenvalue weighted by molar-refractivity contribution is 7.89. The normalized spacial score (nSPS) is 21.6. The molecule has 1 saturated heterocycles. The van der Waals surface area contributed by atoms with Crippen LogP contribution in [0.3, 0.4) is 0 Å². The molecule has 0 bridgehead atoms. The van der Waals surface area contributed by atoms with Crippen molar-refractivity contribution in [2.24, 2.45) is 7.05 Å². The summed E-state index contributed by atoms with van der Waals surface area (Å²) < 4.78 is 41.5. The van der Waals surface area contributed by atoms with E-state index in [9.17, 15) is 17.4 Å². The van der Waals surface area contributed by atoms with Crippen LogP contribution in [0.2, 0.25) is 0 Å². The number of benzene rings is 1. The number of hydrogen-bond donors (Lipinski definition) is 0. The van der Waals surface area contributed by atoms with Gasteiger partial charge in [-0.15, -0.1) is 0 Å². The van der Waals surface area contributed by atoms with Gasteiger partial charge in [0.1, 0.15) is 0 Å². The van der Waals surface area contributed by atoms with E-state index in [0.717, 1.165) is 0 Å². The van der Waals surface area contributed by atoms with Crippen LogP contribution in [0.25, 0.3) is 0 Å². The molecule has 0 aliphatic carbocycles. The lowest BCUT2D eigenvalue weighted by Gasteiger charge is -2.33. The Bertz CT molecular complexity index is 952. The Balaban J connectivity index is 2.01. The lowest BCUT2D eigenvalue weighted by Crippen LogP contribution is -2.44. The quantitative estimate of drug-likeness (QED) is 0.716. The summed E-state index contributed by atoms with van der Waals surface area (Å²) in [6.07, 6.45) is 3.66. The zero-order valence-electron chi connectivity index (χ0n) is 14.7. The fourth-order valence-electron chi connectivity index (χ4n) is 3.02. The molecule has 3 rings (SSSR count). The molecule has 2 aromatic rings. The van der Waals surface area contributed by atoms with Crippen LogP contribution in [0.15, 0.2) is 41.6 Å². The number of rotatable bonds is 5. The smallest absolute Gasteiger partial charge is 0.243 e. The summed E-state index contributed by atoms with van der Waals surface area (Å²) in [7, 11) is -3.16. The maximum Gasteiger partial charge on any atom is 0.243 e. The van der Waals surface area contributed by atoms with Crippen LogP contribution in [0.1, 0.15) is 35.3 Å². The number of aromatic nitrogens is 2. The molecule has 0 N–H and O–H groups in total. The van der Waals surface area contributed by atoms with Crippen molar-refractivity contribution >= 4 is 26.6 Å². The number of Topliss-reactive ketones (excluding diaryl/α,β-unsaturated/α-hetero) is 1. The molecule has 7 nitrogen and oxygen atoms in total. The van der Waals surface area contributed by atoms with Crippen molar-refractivity contribution in [3.8, 4) is 0 Å². The molecular formula is C17H21N3O4S2. The highest BCUT2D eigenvalue weighted by atomic mass is 32.2. The van der Waals surface area contributed by atoms with Crippen molar-refractivity contribution in [2.75, 3.05) is 18.1 Å². The van der Waals surface area contributed by atoms with E-state index in [1.165, 1.54) is 16.4 Å². The van der Waals surface area contributed by atoms with Crippen molar-refractivity contribution < 1.29 is 17.4 Å². The Labute approximate surface area is 155 Å².